The van der Waals surface area contributed by atoms with Gasteiger partial charge in [-0.2, -0.15) is 0 Å². The van der Waals surface area contributed by atoms with Gasteiger partial charge in [-0.3, -0.25) is 0 Å². The molecule has 0 amide bonds. The Balaban J connectivity index is 2.14. The van der Waals surface area contributed by atoms with Crippen LogP contribution in [0.1, 0.15) is 32.8 Å². The topological polar surface area (TPSA) is 23.5 Å². The molecule has 1 saturated heterocycles. The van der Waals surface area contributed by atoms with Crippen LogP contribution in [0, 0.1) is 17.2 Å². The lowest BCUT2D eigenvalue weighted by atomic mass is 9.80. The maximum atomic E-state index is 14.0. The Morgan fingerprint density at radius 1 is 1.39 bits per heavy atom. The zero-order valence-electron chi connectivity index (χ0n) is 11.4. The van der Waals surface area contributed by atoms with E-state index in [1.165, 1.54) is 6.07 Å². The summed E-state index contributed by atoms with van der Waals surface area (Å²) < 4.78 is 14.0. The standard InChI is InChI=1S/C15H22FNO/c1-15(2,3)12-6-7-17(9-12)14-5-4-11(10-18)8-13(14)16/h4-5,8,12,18H,6-7,9-10H2,1-3H3. The second-order valence-corrected chi connectivity index (χ2v) is 6.24. The number of benzene rings is 1. The fraction of sp³-hybridized carbons (Fsp3) is 0.600. The van der Waals surface area contributed by atoms with E-state index >= 15 is 0 Å². The van der Waals surface area contributed by atoms with Crippen LogP contribution in [-0.4, -0.2) is 18.2 Å². The van der Waals surface area contributed by atoms with Gasteiger partial charge in [0.2, 0.25) is 0 Å². The first-order valence-electron chi connectivity index (χ1n) is 6.56. The van der Waals surface area contributed by atoms with Crippen LogP contribution in [-0.2, 0) is 6.61 Å². The van der Waals surface area contributed by atoms with Gasteiger partial charge in [-0.25, -0.2) is 4.39 Å². The van der Waals surface area contributed by atoms with Crippen molar-refractivity contribution in [1.29, 1.82) is 0 Å². The third-order valence-corrected chi connectivity index (χ3v) is 3.95. The molecule has 1 heterocycles. The van der Waals surface area contributed by atoms with Crippen LogP contribution in [0.5, 0.6) is 0 Å². The minimum absolute atomic E-state index is 0.109. The SMILES string of the molecule is CC(C)(C)C1CCN(c2ccc(CO)cc2F)C1. The molecular formula is C15H22FNO. The highest BCUT2D eigenvalue weighted by atomic mass is 19.1. The summed E-state index contributed by atoms with van der Waals surface area (Å²) >= 11 is 0. The average molecular weight is 251 g/mol. The molecule has 100 valence electrons. The van der Waals surface area contributed by atoms with Gasteiger partial charge >= 0.3 is 0 Å². The van der Waals surface area contributed by atoms with Crippen molar-refractivity contribution in [2.24, 2.45) is 11.3 Å². The fourth-order valence-electron chi connectivity index (χ4n) is 2.59. The first-order valence-corrected chi connectivity index (χ1v) is 6.56. The zero-order chi connectivity index (χ0) is 13.3. The highest BCUT2D eigenvalue weighted by molar-refractivity contribution is 5.50. The molecule has 1 aromatic rings. The van der Waals surface area contributed by atoms with Gasteiger partial charge in [0.15, 0.2) is 0 Å². The van der Waals surface area contributed by atoms with E-state index in [0.717, 1.165) is 19.5 Å². The number of aliphatic hydroxyl groups is 1. The lowest BCUT2D eigenvalue weighted by molar-refractivity contribution is 0.263. The number of rotatable bonds is 2. The van der Waals surface area contributed by atoms with Gasteiger partial charge in [0.1, 0.15) is 5.82 Å². The normalized spacial score (nSPS) is 20.5. The Morgan fingerprint density at radius 3 is 2.61 bits per heavy atom. The number of nitrogens with zero attached hydrogens (tertiary/aromatic N) is 1. The third kappa shape index (κ3) is 2.66. The van der Waals surface area contributed by atoms with Crippen molar-refractivity contribution >= 4 is 5.69 Å². The predicted octanol–water partition coefficient (Wildman–Crippen LogP) is 3.19. The van der Waals surface area contributed by atoms with Crippen LogP contribution in [0.2, 0.25) is 0 Å². The summed E-state index contributed by atoms with van der Waals surface area (Å²) in [6.45, 7) is 8.45. The van der Waals surface area contributed by atoms with Gasteiger partial charge in [0.25, 0.3) is 0 Å². The quantitative estimate of drug-likeness (QED) is 0.872. The highest BCUT2D eigenvalue weighted by Gasteiger charge is 2.32. The molecule has 1 N–H and O–H groups in total. The van der Waals surface area contributed by atoms with E-state index in [0.29, 0.717) is 17.2 Å². The second kappa shape index (κ2) is 4.88. The van der Waals surface area contributed by atoms with Crippen molar-refractivity contribution < 1.29 is 9.50 Å². The van der Waals surface area contributed by atoms with Gasteiger partial charge in [0, 0.05) is 13.1 Å². The molecule has 1 unspecified atom stereocenters. The molecule has 0 radical (unpaired) electrons. The zero-order valence-corrected chi connectivity index (χ0v) is 11.4. The molecule has 18 heavy (non-hydrogen) atoms. The molecule has 3 heteroatoms. The van der Waals surface area contributed by atoms with E-state index in [4.69, 9.17) is 5.11 Å². The van der Waals surface area contributed by atoms with Crippen molar-refractivity contribution in [2.75, 3.05) is 18.0 Å². The molecule has 0 saturated carbocycles. The van der Waals surface area contributed by atoms with Crippen molar-refractivity contribution in [3.8, 4) is 0 Å². The first kappa shape index (κ1) is 13.3. The largest absolute Gasteiger partial charge is 0.392 e. The van der Waals surface area contributed by atoms with E-state index in [1.807, 2.05) is 0 Å². The lowest BCUT2D eigenvalue weighted by Gasteiger charge is -2.27. The van der Waals surface area contributed by atoms with Gasteiger partial charge in [-0.1, -0.05) is 26.8 Å². The van der Waals surface area contributed by atoms with Crippen LogP contribution < -0.4 is 4.90 Å². The van der Waals surface area contributed by atoms with Crippen molar-refractivity contribution in [1.82, 2.24) is 0 Å². The third-order valence-electron chi connectivity index (χ3n) is 3.95. The average Bonchev–Trinajstić information content (AvgIpc) is 2.77. The van der Waals surface area contributed by atoms with E-state index in [1.54, 1.807) is 12.1 Å². The summed E-state index contributed by atoms with van der Waals surface area (Å²) in [7, 11) is 0. The number of halogens is 1. The lowest BCUT2D eigenvalue weighted by Crippen LogP contribution is -2.26. The monoisotopic (exact) mass is 251 g/mol. The second-order valence-electron chi connectivity index (χ2n) is 6.24. The Hall–Kier alpha value is -1.09. The summed E-state index contributed by atoms with van der Waals surface area (Å²) in [5.41, 5.74) is 1.57. The van der Waals surface area contributed by atoms with Gasteiger partial charge in [-0.05, 0) is 35.4 Å². The molecular weight excluding hydrogens is 229 g/mol. The van der Waals surface area contributed by atoms with E-state index in [-0.39, 0.29) is 17.8 Å². The predicted molar refractivity (Wildman–Crippen MR) is 72.1 cm³/mol. The fourth-order valence-corrected chi connectivity index (χ4v) is 2.59. The molecule has 2 rings (SSSR count). The van der Waals surface area contributed by atoms with Gasteiger partial charge in [-0.15, -0.1) is 0 Å². The minimum atomic E-state index is -0.226. The van der Waals surface area contributed by atoms with Crippen LogP contribution in [0.4, 0.5) is 10.1 Å². The molecule has 1 aromatic carbocycles. The molecule has 1 aliphatic rings. The van der Waals surface area contributed by atoms with Crippen molar-refractivity contribution in [2.45, 2.75) is 33.8 Å². The number of aliphatic hydroxyl groups excluding tert-OH is 1. The Bertz CT molecular complexity index is 425. The van der Waals surface area contributed by atoms with Crippen molar-refractivity contribution in [3.63, 3.8) is 0 Å². The molecule has 0 aliphatic carbocycles. The Labute approximate surface area is 108 Å². The molecule has 0 spiro atoms. The molecule has 1 atom stereocenters. The maximum Gasteiger partial charge on any atom is 0.146 e. The van der Waals surface area contributed by atoms with Gasteiger partial charge < -0.3 is 10.0 Å². The van der Waals surface area contributed by atoms with Gasteiger partial charge in [0.05, 0.1) is 12.3 Å². The van der Waals surface area contributed by atoms with E-state index in [2.05, 4.69) is 25.7 Å². The molecule has 0 bridgehead atoms. The number of hydrogen-bond donors (Lipinski definition) is 1. The molecule has 1 fully saturated rings. The van der Waals surface area contributed by atoms with Crippen LogP contribution in [0.3, 0.4) is 0 Å². The first-order chi connectivity index (χ1) is 8.41. The minimum Gasteiger partial charge on any atom is -0.392 e. The molecule has 0 aromatic heterocycles. The highest BCUT2D eigenvalue weighted by Crippen LogP contribution is 2.36. The van der Waals surface area contributed by atoms with E-state index < -0.39 is 0 Å². The Morgan fingerprint density at radius 2 is 2.11 bits per heavy atom. The number of anilines is 1. The maximum absolute atomic E-state index is 14.0. The summed E-state index contributed by atoms with van der Waals surface area (Å²) in [6.07, 6.45) is 1.12. The summed E-state index contributed by atoms with van der Waals surface area (Å²) in [5, 5.41) is 8.99. The van der Waals surface area contributed by atoms with Crippen LogP contribution in [0.15, 0.2) is 18.2 Å². The molecule has 2 nitrogen and oxygen atoms in total. The summed E-state index contributed by atoms with van der Waals surface area (Å²) in [5.74, 6) is 0.380. The summed E-state index contributed by atoms with van der Waals surface area (Å²) in [6, 6.07) is 5.01. The Kier molecular flexibility index (Phi) is 3.62. The summed E-state index contributed by atoms with van der Waals surface area (Å²) in [4.78, 5) is 2.12. The number of hydrogen-bond acceptors (Lipinski definition) is 2. The van der Waals surface area contributed by atoms with Crippen molar-refractivity contribution in [3.05, 3.63) is 29.6 Å². The van der Waals surface area contributed by atoms with Crippen LogP contribution >= 0.6 is 0 Å². The van der Waals surface area contributed by atoms with Crippen LogP contribution in [0.25, 0.3) is 0 Å². The van der Waals surface area contributed by atoms with E-state index in [9.17, 15) is 4.39 Å². The molecule has 1 aliphatic heterocycles. The smallest absolute Gasteiger partial charge is 0.146 e.